The number of hydrogen-bond donors (Lipinski definition) is 3. The minimum Gasteiger partial charge on any atom is -0.321 e. The van der Waals surface area contributed by atoms with Crippen molar-refractivity contribution in [2.75, 3.05) is 10.7 Å². The van der Waals surface area contributed by atoms with E-state index >= 15 is 0 Å². The number of hydrazine groups is 1. The predicted octanol–water partition coefficient (Wildman–Crippen LogP) is 2.79. The highest BCUT2D eigenvalue weighted by molar-refractivity contribution is 6.31. The minimum absolute atomic E-state index is 0.106. The van der Waals surface area contributed by atoms with Crippen LogP contribution in [0.1, 0.15) is 36.1 Å². The Kier molecular flexibility index (Phi) is 4.72. The molecule has 110 valence electrons. The summed E-state index contributed by atoms with van der Waals surface area (Å²) >= 11 is 5.89. The molecule has 0 saturated heterocycles. The molecule has 1 amide bonds. The first-order valence-corrected chi connectivity index (χ1v) is 6.79. The van der Waals surface area contributed by atoms with E-state index in [-0.39, 0.29) is 17.5 Å². The van der Waals surface area contributed by atoms with Gasteiger partial charge in [-0.15, -0.1) is 0 Å². The molecule has 0 aliphatic carbocycles. The van der Waals surface area contributed by atoms with Crippen LogP contribution in [-0.2, 0) is 0 Å². The number of rotatable bonds is 4. The number of carbonyl (C=O) groups excluding carboxylic acids is 1. The summed E-state index contributed by atoms with van der Waals surface area (Å²) in [6.45, 7) is 3.90. The van der Waals surface area contributed by atoms with E-state index in [1.807, 2.05) is 13.8 Å². The molecule has 4 N–H and O–H groups in total. The summed E-state index contributed by atoms with van der Waals surface area (Å²) in [6, 6.07) is 6.87. The maximum absolute atomic E-state index is 12.3. The van der Waals surface area contributed by atoms with E-state index in [2.05, 4.69) is 20.7 Å². The van der Waals surface area contributed by atoms with Crippen molar-refractivity contribution >= 4 is 28.9 Å². The van der Waals surface area contributed by atoms with Gasteiger partial charge in [-0.3, -0.25) is 10.6 Å². The van der Waals surface area contributed by atoms with Crippen molar-refractivity contribution in [2.24, 2.45) is 5.84 Å². The fourth-order valence-electron chi connectivity index (χ4n) is 1.71. The quantitative estimate of drug-likeness (QED) is 0.596. The van der Waals surface area contributed by atoms with Crippen LogP contribution in [0.4, 0.5) is 11.4 Å². The highest BCUT2D eigenvalue weighted by atomic mass is 35.5. The summed E-state index contributed by atoms with van der Waals surface area (Å²) in [6.07, 6.45) is 1.50. The molecule has 7 heteroatoms. The second kappa shape index (κ2) is 6.51. The number of nitrogen functional groups attached to an aromatic ring is 1. The Balaban J connectivity index is 2.31. The minimum atomic E-state index is -0.380. The zero-order valence-corrected chi connectivity index (χ0v) is 12.5. The molecule has 0 aliphatic heterocycles. The van der Waals surface area contributed by atoms with Crippen molar-refractivity contribution in [3.63, 3.8) is 0 Å². The SMILES string of the molecule is CC(C)c1ncc(NN)c(C(=O)Nc2cccc(Cl)c2)n1. The average molecular weight is 306 g/mol. The molecule has 1 heterocycles. The summed E-state index contributed by atoms with van der Waals surface area (Å²) < 4.78 is 0. The Morgan fingerprint density at radius 2 is 2.14 bits per heavy atom. The van der Waals surface area contributed by atoms with Crippen molar-refractivity contribution in [2.45, 2.75) is 19.8 Å². The number of anilines is 2. The van der Waals surface area contributed by atoms with Crippen molar-refractivity contribution in [1.82, 2.24) is 9.97 Å². The molecule has 0 aliphatic rings. The van der Waals surface area contributed by atoms with Crippen LogP contribution in [0, 0.1) is 0 Å². The Hall–Kier alpha value is -2.18. The maximum atomic E-state index is 12.3. The van der Waals surface area contributed by atoms with Gasteiger partial charge in [0.2, 0.25) is 0 Å². The van der Waals surface area contributed by atoms with Gasteiger partial charge in [0.15, 0.2) is 5.69 Å². The van der Waals surface area contributed by atoms with Crippen LogP contribution < -0.4 is 16.6 Å². The van der Waals surface area contributed by atoms with E-state index in [1.54, 1.807) is 24.3 Å². The third-order valence-electron chi connectivity index (χ3n) is 2.78. The molecule has 0 saturated carbocycles. The van der Waals surface area contributed by atoms with Crippen LogP contribution in [0.5, 0.6) is 0 Å². The Labute approximate surface area is 127 Å². The number of hydrogen-bond acceptors (Lipinski definition) is 5. The lowest BCUT2D eigenvalue weighted by molar-refractivity contribution is 0.102. The molecule has 1 aromatic heterocycles. The molecule has 0 fully saturated rings. The fourth-order valence-corrected chi connectivity index (χ4v) is 1.90. The Morgan fingerprint density at radius 1 is 1.38 bits per heavy atom. The van der Waals surface area contributed by atoms with Crippen molar-refractivity contribution in [1.29, 1.82) is 0 Å². The van der Waals surface area contributed by atoms with Crippen LogP contribution in [0.15, 0.2) is 30.5 Å². The van der Waals surface area contributed by atoms with Gasteiger partial charge in [0.05, 0.1) is 11.9 Å². The average Bonchev–Trinajstić information content (AvgIpc) is 2.46. The van der Waals surface area contributed by atoms with Crippen LogP contribution in [0.3, 0.4) is 0 Å². The molecular weight excluding hydrogens is 290 g/mol. The number of nitrogens with zero attached hydrogens (tertiary/aromatic N) is 2. The highest BCUT2D eigenvalue weighted by Crippen LogP contribution is 2.19. The maximum Gasteiger partial charge on any atom is 0.276 e. The van der Waals surface area contributed by atoms with Crippen LogP contribution in [-0.4, -0.2) is 15.9 Å². The van der Waals surface area contributed by atoms with Crippen molar-refractivity contribution in [3.05, 3.63) is 47.0 Å². The van der Waals surface area contributed by atoms with E-state index in [0.717, 1.165) is 0 Å². The van der Waals surface area contributed by atoms with Gasteiger partial charge in [-0.1, -0.05) is 31.5 Å². The largest absolute Gasteiger partial charge is 0.321 e. The lowest BCUT2D eigenvalue weighted by Crippen LogP contribution is -2.20. The molecule has 0 radical (unpaired) electrons. The number of carbonyl (C=O) groups is 1. The second-order valence-electron chi connectivity index (χ2n) is 4.75. The van der Waals surface area contributed by atoms with Crippen LogP contribution in [0.25, 0.3) is 0 Å². The molecule has 0 unspecified atom stereocenters. The summed E-state index contributed by atoms with van der Waals surface area (Å²) in [5.41, 5.74) is 3.56. The van der Waals surface area contributed by atoms with Gasteiger partial charge in [-0.05, 0) is 18.2 Å². The lowest BCUT2D eigenvalue weighted by atomic mass is 10.2. The Morgan fingerprint density at radius 3 is 2.76 bits per heavy atom. The van der Waals surface area contributed by atoms with Gasteiger partial charge in [0.1, 0.15) is 5.82 Å². The normalized spacial score (nSPS) is 10.5. The topological polar surface area (TPSA) is 92.9 Å². The van der Waals surface area contributed by atoms with E-state index in [0.29, 0.717) is 22.2 Å². The molecule has 0 atom stereocenters. The molecule has 21 heavy (non-hydrogen) atoms. The number of nitrogens with one attached hydrogen (secondary N) is 2. The lowest BCUT2D eigenvalue weighted by Gasteiger charge is -2.11. The number of nitrogens with two attached hydrogens (primary N) is 1. The first-order valence-electron chi connectivity index (χ1n) is 6.41. The van der Waals surface area contributed by atoms with E-state index in [9.17, 15) is 4.79 Å². The molecule has 0 spiro atoms. The first kappa shape index (κ1) is 15.2. The molecule has 1 aromatic carbocycles. The van der Waals surface area contributed by atoms with Crippen molar-refractivity contribution < 1.29 is 4.79 Å². The number of amides is 1. The predicted molar refractivity (Wildman–Crippen MR) is 83.3 cm³/mol. The van der Waals surface area contributed by atoms with Crippen LogP contribution >= 0.6 is 11.6 Å². The monoisotopic (exact) mass is 305 g/mol. The summed E-state index contributed by atoms with van der Waals surface area (Å²) in [5, 5.41) is 3.27. The smallest absolute Gasteiger partial charge is 0.276 e. The highest BCUT2D eigenvalue weighted by Gasteiger charge is 2.16. The van der Waals surface area contributed by atoms with Gasteiger partial charge in [0, 0.05) is 16.6 Å². The summed E-state index contributed by atoms with van der Waals surface area (Å²) in [7, 11) is 0. The van der Waals surface area contributed by atoms with E-state index in [4.69, 9.17) is 17.4 Å². The standard InChI is InChI=1S/C14H16ClN5O/c1-8(2)13-17-7-11(20-16)12(19-13)14(21)18-10-5-3-4-9(15)6-10/h3-8,20H,16H2,1-2H3,(H,18,21). The molecule has 2 aromatic rings. The molecular formula is C14H16ClN5O. The molecule has 2 rings (SSSR count). The first-order chi connectivity index (χ1) is 10.0. The second-order valence-corrected chi connectivity index (χ2v) is 5.19. The fraction of sp³-hybridized carbons (Fsp3) is 0.214. The van der Waals surface area contributed by atoms with Gasteiger partial charge < -0.3 is 10.7 Å². The van der Waals surface area contributed by atoms with Gasteiger partial charge in [0.25, 0.3) is 5.91 Å². The Bertz CT molecular complexity index is 660. The van der Waals surface area contributed by atoms with Crippen molar-refractivity contribution in [3.8, 4) is 0 Å². The van der Waals surface area contributed by atoms with Gasteiger partial charge >= 0.3 is 0 Å². The van der Waals surface area contributed by atoms with Gasteiger partial charge in [-0.25, -0.2) is 9.97 Å². The van der Waals surface area contributed by atoms with Gasteiger partial charge in [-0.2, -0.15) is 0 Å². The third kappa shape index (κ3) is 3.68. The van der Waals surface area contributed by atoms with Crippen LogP contribution in [0.2, 0.25) is 5.02 Å². The zero-order valence-electron chi connectivity index (χ0n) is 11.7. The zero-order chi connectivity index (χ0) is 15.4. The molecule has 6 nitrogen and oxygen atoms in total. The summed E-state index contributed by atoms with van der Waals surface area (Å²) in [4.78, 5) is 20.8. The summed E-state index contributed by atoms with van der Waals surface area (Å²) in [5.74, 6) is 5.70. The number of benzene rings is 1. The number of halogens is 1. The third-order valence-corrected chi connectivity index (χ3v) is 3.01. The number of aromatic nitrogens is 2. The molecule has 0 bridgehead atoms. The van der Waals surface area contributed by atoms with E-state index < -0.39 is 0 Å². The van der Waals surface area contributed by atoms with E-state index in [1.165, 1.54) is 6.20 Å².